The maximum atomic E-state index is 12.0. The van der Waals surface area contributed by atoms with Crippen LogP contribution in [0.15, 0.2) is 23.0 Å². The lowest BCUT2D eigenvalue weighted by Gasteiger charge is -2.27. The number of carbonyl (C=O) groups excluding carboxylic acids is 1. The van der Waals surface area contributed by atoms with Gasteiger partial charge < -0.3 is 9.42 Å². The third-order valence-electron chi connectivity index (χ3n) is 4.18. The molecular formula is C15H22N6O2. The zero-order chi connectivity index (χ0) is 16.2. The molecule has 1 amide bonds. The van der Waals surface area contributed by atoms with E-state index in [9.17, 15) is 4.79 Å². The number of hydrogen-bond acceptors (Lipinski definition) is 6. The Bertz CT molecular complexity index is 638. The van der Waals surface area contributed by atoms with Gasteiger partial charge in [-0.2, -0.15) is 10.1 Å². The smallest absolute Gasteiger partial charge is 0.223 e. The number of likely N-dealkylation sites (tertiary alicyclic amines) is 1. The molecule has 124 valence electrons. The van der Waals surface area contributed by atoms with Gasteiger partial charge in [0.15, 0.2) is 5.82 Å². The topological polar surface area (TPSA) is 80.3 Å². The van der Waals surface area contributed by atoms with Gasteiger partial charge in [-0.25, -0.2) is 0 Å². The lowest BCUT2D eigenvalue weighted by atomic mass is 10.2. The highest BCUT2D eigenvalue weighted by Crippen LogP contribution is 2.18. The number of nitrogens with zero attached hydrogens (tertiary/aromatic N) is 6. The van der Waals surface area contributed by atoms with E-state index in [0.717, 1.165) is 32.6 Å². The van der Waals surface area contributed by atoms with Gasteiger partial charge in [-0.15, -0.1) is 0 Å². The summed E-state index contributed by atoms with van der Waals surface area (Å²) in [6.07, 6.45) is 4.72. The first-order valence-corrected chi connectivity index (χ1v) is 7.88. The molecule has 1 fully saturated rings. The Morgan fingerprint density at radius 3 is 3.00 bits per heavy atom. The Balaban J connectivity index is 1.55. The molecule has 0 radical (unpaired) electrons. The lowest BCUT2D eigenvalue weighted by Crippen LogP contribution is -2.40. The van der Waals surface area contributed by atoms with E-state index in [-0.39, 0.29) is 11.9 Å². The van der Waals surface area contributed by atoms with E-state index >= 15 is 0 Å². The van der Waals surface area contributed by atoms with Gasteiger partial charge >= 0.3 is 0 Å². The molecule has 3 heterocycles. The molecule has 0 unspecified atom stereocenters. The van der Waals surface area contributed by atoms with Crippen LogP contribution in [0.5, 0.6) is 0 Å². The molecule has 1 atom stereocenters. The van der Waals surface area contributed by atoms with Crippen molar-refractivity contribution in [2.45, 2.75) is 39.4 Å². The summed E-state index contributed by atoms with van der Waals surface area (Å²) in [6.45, 7) is 7.42. The van der Waals surface area contributed by atoms with Crippen LogP contribution in [0.25, 0.3) is 0 Å². The Hall–Kier alpha value is -2.22. The van der Waals surface area contributed by atoms with Crippen molar-refractivity contribution in [1.82, 2.24) is 29.7 Å². The van der Waals surface area contributed by atoms with Crippen LogP contribution in [0.4, 0.5) is 0 Å². The highest BCUT2D eigenvalue weighted by molar-refractivity contribution is 5.73. The van der Waals surface area contributed by atoms with Crippen molar-refractivity contribution in [3.8, 4) is 0 Å². The number of hydrogen-bond donors (Lipinski definition) is 0. The van der Waals surface area contributed by atoms with E-state index in [1.54, 1.807) is 20.0 Å². The van der Waals surface area contributed by atoms with Crippen molar-refractivity contribution in [3.05, 3.63) is 30.2 Å². The highest BCUT2D eigenvalue weighted by atomic mass is 16.5. The van der Waals surface area contributed by atoms with Gasteiger partial charge in [0.05, 0.1) is 13.1 Å². The fourth-order valence-electron chi connectivity index (χ4n) is 3.00. The van der Waals surface area contributed by atoms with Crippen molar-refractivity contribution in [2.75, 3.05) is 19.6 Å². The van der Waals surface area contributed by atoms with Gasteiger partial charge in [0.25, 0.3) is 0 Å². The summed E-state index contributed by atoms with van der Waals surface area (Å²) in [7, 11) is 0. The predicted octanol–water partition coefficient (Wildman–Crippen LogP) is 0.698. The predicted molar refractivity (Wildman–Crippen MR) is 82.3 cm³/mol. The summed E-state index contributed by atoms with van der Waals surface area (Å²) in [6, 6.07) is 2.13. The van der Waals surface area contributed by atoms with Crippen molar-refractivity contribution >= 4 is 5.91 Å². The summed E-state index contributed by atoms with van der Waals surface area (Å²) in [5.74, 6) is 1.13. The molecule has 23 heavy (non-hydrogen) atoms. The van der Waals surface area contributed by atoms with E-state index in [0.29, 0.717) is 18.3 Å². The van der Waals surface area contributed by atoms with Crippen LogP contribution in [-0.2, 0) is 17.9 Å². The minimum Gasteiger partial charge on any atom is -0.340 e. The first-order chi connectivity index (χ1) is 11.1. The molecule has 8 heteroatoms. The highest BCUT2D eigenvalue weighted by Gasteiger charge is 2.30. The largest absolute Gasteiger partial charge is 0.340 e. The molecule has 1 saturated heterocycles. The second-order valence-electron chi connectivity index (χ2n) is 5.89. The van der Waals surface area contributed by atoms with Crippen molar-refractivity contribution in [2.24, 2.45) is 0 Å². The fraction of sp³-hybridized carbons (Fsp3) is 0.600. The molecule has 0 spiro atoms. The van der Waals surface area contributed by atoms with Gasteiger partial charge in [-0.3, -0.25) is 14.4 Å². The minimum absolute atomic E-state index is 0.0476. The number of carbonyl (C=O) groups is 1. The van der Waals surface area contributed by atoms with Gasteiger partial charge in [-0.1, -0.05) is 5.16 Å². The van der Waals surface area contributed by atoms with E-state index in [4.69, 9.17) is 4.52 Å². The molecule has 0 aliphatic carbocycles. The molecule has 3 rings (SSSR count). The monoisotopic (exact) mass is 318 g/mol. The summed E-state index contributed by atoms with van der Waals surface area (Å²) in [5, 5.41) is 8.11. The Labute approximate surface area is 135 Å². The second-order valence-corrected chi connectivity index (χ2v) is 5.89. The Kier molecular flexibility index (Phi) is 4.71. The fourth-order valence-corrected chi connectivity index (χ4v) is 3.00. The molecule has 0 bridgehead atoms. The summed E-state index contributed by atoms with van der Waals surface area (Å²) < 4.78 is 6.92. The van der Waals surface area contributed by atoms with E-state index in [2.05, 4.69) is 20.1 Å². The molecule has 1 aliphatic rings. The van der Waals surface area contributed by atoms with Crippen LogP contribution >= 0.6 is 0 Å². The average molecular weight is 318 g/mol. The van der Waals surface area contributed by atoms with Gasteiger partial charge in [0.1, 0.15) is 0 Å². The molecule has 2 aromatic heterocycles. The molecule has 8 nitrogen and oxygen atoms in total. The summed E-state index contributed by atoms with van der Waals surface area (Å²) in [4.78, 5) is 20.4. The number of rotatable bonds is 6. The molecule has 0 N–H and O–H groups in total. The van der Waals surface area contributed by atoms with Crippen LogP contribution in [0.3, 0.4) is 0 Å². The first kappa shape index (κ1) is 15.7. The van der Waals surface area contributed by atoms with Crippen LogP contribution in [0, 0.1) is 6.92 Å². The Morgan fingerprint density at radius 2 is 2.35 bits per heavy atom. The van der Waals surface area contributed by atoms with E-state index in [1.807, 2.05) is 21.8 Å². The average Bonchev–Trinajstić information content (AvgIpc) is 3.24. The zero-order valence-electron chi connectivity index (χ0n) is 13.6. The van der Waals surface area contributed by atoms with Crippen molar-refractivity contribution in [1.29, 1.82) is 0 Å². The van der Waals surface area contributed by atoms with Crippen LogP contribution in [0.1, 0.15) is 25.1 Å². The van der Waals surface area contributed by atoms with Gasteiger partial charge in [0, 0.05) is 51.9 Å². The first-order valence-electron chi connectivity index (χ1n) is 7.88. The molecule has 1 aliphatic heterocycles. The standard InChI is InChI=1S/C15H22N6O2/c1-12-17-15(18-23-12)11-21(13(2)22)14-4-7-19(10-14)8-9-20-6-3-5-16-20/h3,5-6,14H,4,7-11H2,1-2H3/t14-/m0/s1. The Morgan fingerprint density at radius 1 is 1.48 bits per heavy atom. The number of amides is 1. The second kappa shape index (κ2) is 6.91. The zero-order valence-corrected chi connectivity index (χ0v) is 13.6. The quantitative estimate of drug-likeness (QED) is 0.780. The summed E-state index contributed by atoms with van der Waals surface area (Å²) >= 11 is 0. The van der Waals surface area contributed by atoms with E-state index < -0.39 is 0 Å². The van der Waals surface area contributed by atoms with Gasteiger partial charge in [0.2, 0.25) is 11.8 Å². The molecular weight excluding hydrogens is 296 g/mol. The molecule has 2 aromatic rings. The number of aryl methyl sites for hydroxylation is 1. The minimum atomic E-state index is 0.0476. The molecule has 0 saturated carbocycles. The maximum Gasteiger partial charge on any atom is 0.223 e. The van der Waals surface area contributed by atoms with Crippen molar-refractivity contribution < 1.29 is 9.32 Å². The third-order valence-corrected chi connectivity index (χ3v) is 4.18. The summed E-state index contributed by atoms with van der Waals surface area (Å²) in [5.41, 5.74) is 0. The lowest BCUT2D eigenvalue weighted by molar-refractivity contribution is -0.131. The number of aromatic nitrogens is 4. The van der Waals surface area contributed by atoms with Crippen LogP contribution in [-0.4, -0.2) is 61.3 Å². The maximum absolute atomic E-state index is 12.0. The normalized spacial score (nSPS) is 18.4. The molecule has 0 aromatic carbocycles. The van der Waals surface area contributed by atoms with Crippen LogP contribution < -0.4 is 0 Å². The third kappa shape index (κ3) is 3.95. The van der Waals surface area contributed by atoms with E-state index in [1.165, 1.54) is 0 Å². The van der Waals surface area contributed by atoms with Gasteiger partial charge in [-0.05, 0) is 12.5 Å². The van der Waals surface area contributed by atoms with Crippen molar-refractivity contribution in [3.63, 3.8) is 0 Å². The van der Waals surface area contributed by atoms with Crippen LogP contribution in [0.2, 0.25) is 0 Å². The SMILES string of the molecule is CC(=O)N(Cc1noc(C)n1)[C@H]1CCN(CCn2cccn2)C1.